The molecular formula is C21H21F4N3O3S. The molecule has 1 atom stereocenters. The van der Waals surface area contributed by atoms with E-state index in [9.17, 15) is 30.8 Å². The van der Waals surface area contributed by atoms with E-state index in [0.29, 0.717) is 0 Å². The fraction of sp³-hybridized carbons (Fsp3) is 0.286. The van der Waals surface area contributed by atoms with Crippen molar-refractivity contribution in [3.05, 3.63) is 81.5 Å². The van der Waals surface area contributed by atoms with E-state index in [4.69, 9.17) is 0 Å². The molecule has 0 saturated carbocycles. The molecule has 1 heterocycles. The Kier molecular flexibility index (Phi) is 5.98. The fourth-order valence-corrected chi connectivity index (χ4v) is 4.94. The van der Waals surface area contributed by atoms with E-state index >= 15 is 0 Å². The second-order valence-electron chi connectivity index (χ2n) is 7.30. The van der Waals surface area contributed by atoms with Crippen molar-refractivity contribution >= 4 is 15.7 Å². The van der Waals surface area contributed by atoms with Gasteiger partial charge >= 0.3 is 6.18 Å². The van der Waals surface area contributed by atoms with Crippen molar-refractivity contribution in [1.82, 2.24) is 9.36 Å². The number of alkyl halides is 3. The summed E-state index contributed by atoms with van der Waals surface area (Å²) in [5, 5.41) is -1.31. The van der Waals surface area contributed by atoms with Gasteiger partial charge in [-0.15, -0.1) is 0 Å². The summed E-state index contributed by atoms with van der Waals surface area (Å²) in [6, 6.07) is 9.55. The van der Waals surface area contributed by atoms with Gasteiger partial charge in [0, 0.05) is 19.7 Å². The van der Waals surface area contributed by atoms with Gasteiger partial charge in [0.15, 0.2) is 0 Å². The van der Waals surface area contributed by atoms with Crippen LogP contribution < -0.4 is 9.86 Å². The van der Waals surface area contributed by atoms with Crippen LogP contribution in [0.2, 0.25) is 0 Å². The predicted molar refractivity (Wildman–Crippen MR) is 113 cm³/mol. The molecule has 1 unspecified atom stereocenters. The first kappa shape index (κ1) is 23.6. The molecule has 2 aromatic carbocycles. The van der Waals surface area contributed by atoms with Gasteiger partial charge in [-0.05, 0) is 38.1 Å². The van der Waals surface area contributed by atoms with Crippen LogP contribution in [-0.4, -0.2) is 24.8 Å². The number of halogens is 4. The Morgan fingerprint density at radius 1 is 1.06 bits per heavy atom. The summed E-state index contributed by atoms with van der Waals surface area (Å²) in [5.74, 6) is -0.705. The highest BCUT2D eigenvalue weighted by atomic mass is 32.2. The SMILES string of the molecule is Cc1c(N(C)S(=O)(=O)C(C)c2ccccc2F)c(=O)n(-c2cccc(C(F)(F)F)c2)n1C. The molecule has 0 fully saturated rings. The summed E-state index contributed by atoms with van der Waals surface area (Å²) >= 11 is 0. The van der Waals surface area contributed by atoms with Crippen LogP contribution in [0.15, 0.2) is 53.3 Å². The Hall–Kier alpha value is -3.08. The second-order valence-corrected chi connectivity index (χ2v) is 9.58. The molecule has 0 bridgehead atoms. The molecule has 3 rings (SSSR count). The van der Waals surface area contributed by atoms with Crippen molar-refractivity contribution < 1.29 is 26.0 Å². The molecule has 6 nitrogen and oxygen atoms in total. The van der Waals surface area contributed by atoms with Gasteiger partial charge < -0.3 is 0 Å². The molecule has 172 valence electrons. The number of anilines is 1. The van der Waals surface area contributed by atoms with Crippen LogP contribution in [0, 0.1) is 12.7 Å². The number of hydrogen-bond donors (Lipinski definition) is 0. The molecule has 3 aromatic rings. The molecule has 0 N–H and O–H groups in total. The minimum absolute atomic E-state index is 0.0638. The number of hydrogen-bond acceptors (Lipinski definition) is 3. The fourth-order valence-electron chi connectivity index (χ4n) is 3.49. The maximum Gasteiger partial charge on any atom is 0.416 e. The molecule has 11 heteroatoms. The van der Waals surface area contributed by atoms with E-state index in [2.05, 4.69) is 0 Å². The highest BCUT2D eigenvalue weighted by molar-refractivity contribution is 7.93. The largest absolute Gasteiger partial charge is 0.416 e. The first-order valence-electron chi connectivity index (χ1n) is 9.47. The average Bonchev–Trinajstić information content (AvgIpc) is 2.95. The minimum atomic E-state index is -4.61. The minimum Gasteiger partial charge on any atom is -0.283 e. The molecule has 0 saturated heterocycles. The van der Waals surface area contributed by atoms with E-state index in [1.807, 2.05) is 0 Å². The third-order valence-electron chi connectivity index (χ3n) is 5.43. The lowest BCUT2D eigenvalue weighted by Gasteiger charge is -2.23. The number of rotatable bonds is 5. The summed E-state index contributed by atoms with van der Waals surface area (Å²) in [6.07, 6.45) is -4.61. The maximum absolute atomic E-state index is 14.2. The van der Waals surface area contributed by atoms with Crippen LogP contribution in [0.4, 0.5) is 23.2 Å². The average molecular weight is 471 g/mol. The quantitative estimate of drug-likeness (QED) is 0.525. The number of benzene rings is 2. The molecular weight excluding hydrogens is 450 g/mol. The summed E-state index contributed by atoms with van der Waals surface area (Å²) in [6.45, 7) is 2.77. The van der Waals surface area contributed by atoms with Crippen molar-refractivity contribution in [3.8, 4) is 5.69 Å². The van der Waals surface area contributed by atoms with Crippen LogP contribution in [0.5, 0.6) is 0 Å². The van der Waals surface area contributed by atoms with Gasteiger partial charge in [0.1, 0.15) is 16.8 Å². The van der Waals surface area contributed by atoms with Crippen molar-refractivity contribution in [2.75, 3.05) is 11.4 Å². The third kappa shape index (κ3) is 3.92. The van der Waals surface area contributed by atoms with Gasteiger partial charge in [-0.1, -0.05) is 24.3 Å². The van der Waals surface area contributed by atoms with Gasteiger partial charge in [0.2, 0.25) is 10.0 Å². The second kappa shape index (κ2) is 8.12. The van der Waals surface area contributed by atoms with E-state index in [1.165, 1.54) is 49.8 Å². The predicted octanol–water partition coefficient (Wildman–Crippen LogP) is 4.17. The van der Waals surface area contributed by atoms with Crippen LogP contribution in [0.3, 0.4) is 0 Å². The topological polar surface area (TPSA) is 64.3 Å². The summed E-state index contributed by atoms with van der Waals surface area (Å²) in [7, 11) is -1.65. The van der Waals surface area contributed by atoms with Gasteiger partial charge in [-0.25, -0.2) is 17.5 Å². The lowest BCUT2D eigenvalue weighted by Crippen LogP contribution is -2.34. The molecule has 1 aromatic heterocycles. The van der Waals surface area contributed by atoms with E-state index in [1.54, 1.807) is 0 Å². The molecule has 0 spiro atoms. The van der Waals surface area contributed by atoms with Crippen molar-refractivity contribution in [2.24, 2.45) is 7.05 Å². The van der Waals surface area contributed by atoms with Crippen molar-refractivity contribution in [1.29, 1.82) is 0 Å². The smallest absolute Gasteiger partial charge is 0.283 e. The number of nitrogens with zero attached hydrogens (tertiary/aromatic N) is 3. The molecule has 0 aliphatic heterocycles. The summed E-state index contributed by atoms with van der Waals surface area (Å²) < 4.78 is 82.9. The Morgan fingerprint density at radius 2 is 1.69 bits per heavy atom. The molecule has 32 heavy (non-hydrogen) atoms. The number of sulfonamides is 1. The van der Waals surface area contributed by atoms with Gasteiger partial charge in [0.25, 0.3) is 5.56 Å². The molecule has 0 amide bonds. The first-order chi connectivity index (χ1) is 14.8. The standard InChI is InChI=1S/C21H21F4N3O3S/c1-13-19(27(4)32(30,31)14(2)17-10-5-6-11-18(17)22)20(29)28(26(13)3)16-9-7-8-15(12-16)21(23,24)25/h5-12,14H,1-4H3. The highest BCUT2D eigenvalue weighted by Gasteiger charge is 2.34. The Balaban J connectivity index is 2.13. The van der Waals surface area contributed by atoms with Crippen LogP contribution in [0.25, 0.3) is 5.69 Å². The highest BCUT2D eigenvalue weighted by Crippen LogP contribution is 2.32. The lowest BCUT2D eigenvalue weighted by molar-refractivity contribution is -0.137. The first-order valence-corrected chi connectivity index (χ1v) is 11.0. The Labute approximate surface area is 182 Å². The third-order valence-corrected chi connectivity index (χ3v) is 7.52. The number of aromatic nitrogens is 2. The normalized spacial score (nSPS) is 13.2. The van der Waals surface area contributed by atoms with E-state index in [0.717, 1.165) is 40.3 Å². The Bertz CT molecular complexity index is 1330. The lowest BCUT2D eigenvalue weighted by atomic mass is 10.1. The van der Waals surface area contributed by atoms with Gasteiger partial charge in [-0.2, -0.15) is 13.2 Å². The van der Waals surface area contributed by atoms with Crippen LogP contribution in [0.1, 0.15) is 29.0 Å². The molecule has 0 radical (unpaired) electrons. The summed E-state index contributed by atoms with van der Waals surface area (Å²) in [4.78, 5) is 13.2. The van der Waals surface area contributed by atoms with Crippen molar-refractivity contribution in [2.45, 2.75) is 25.3 Å². The van der Waals surface area contributed by atoms with Gasteiger partial charge in [-0.3, -0.25) is 13.8 Å². The van der Waals surface area contributed by atoms with Crippen molar-refractivity contribution in [3.63, 3.8) is 0 Å². The summed E-state index contributed by atoms with van der Waals surface area (Å²) in [5.41, 5.74) is -1.94. The zero-order valence-corrected chi connectivity index (χ0v) is 18.5. The van der Waals surface area contributed by atoms with E-state index < -0.39 is 38.4 Å². The monoisotopic (exact) mass is 471 g/mol. The molecule has 0 aliphatic rings. The molecule has 0 aliphatic carbocycles. The maximum atomic E-state index is 14.2. The van der Waals surface area contributed by atoms with Gasteiger partial charge in [0.05, 0.1) is 16.9 Å². The van der Waals surface area contributed by atoms with E-state index in [-0.39, 0.29) is 22.6 Å². The Morgan fingerprint density at radius 3 is 2.28 bits per heavy atom. The zero-order valence-electron chi connectivity index (χ0n) is 17.7. The van der Waals surface area contributed by atoms with Crippen LogP contribution in [-0.2, 0) is 23.2 Å². The van der Waals surface area contributed by atoms with Crippen LogP contribution >= 0.6 is 0 Å². The zero-order chi connectivity index (χ0) is 24.0.